The van der Waals surface area contributed by atoms with Gasteiger partial charge in [0.2, 0.25) is 5.91 Å². The lowest BCUT2D eigenvalue weighted by Crippen LogP contribution is -2.40. The van der Waals surface area contributed by atoms with Crippen LogP contribution in [0, 0.1) is 3.57 Å². The third kappa shape index (κ3) is 4.14. The fourth-order valence-corrected chi connectivity index (χ4v) is 5.81. The second-order valence-electron chi connectivity index (χ2n) is 6.50. The number of hydrogen-bond donors (Lipinski definition) is 0. The van der Waals surface area contributed by atoms with Crippen molar-refractivity contribution in [2.45, 2.75) is 42.9 Å². The largest absolute Gasteiger partial charge is 0.342 e. The molecule has 9 heteroatoms. The van der Waals surface area contributed by atoms with E-state index in [-0.39, 0.29) is 11.2 Å². The maximum absolute atomic E-state index is 12.9. The number of hydrogen-bond acceptors (Lipinski definition) is 6. The molecule has 3 aromatic rings. The van der Waals surface area contributed by atoms with Gasteiger partial charge in [-0.2, -0.15) is 9.61 Å². The molecule has 1 amide bonds. The van der Waals surface area contributed by atoms with Crippen molar-refractivity contribution >= 4 is 57.2 Å². The second kappa shape index (κ2) is 8.44. The molecule has 0 spiro atoms. The van der Waals surface area contributed by atoms with E-state index < -0.39 is 0 Å². The molecule has 0 aliphatic carbocycles. The summed E-state index contributed by atoms with van der Waals surface area (Å²) in [6, 6.07) is 5.93. The van der Waals surface area contributed by atoms with Gasteiger partial charge in [-0.05, 0) is 66.5 Å². The van der Waals surface area contributed by atoms with Gasteiger partial charge >= 0.3 is 0 Å². The van der Waals surface area contributed by atoms with Gasteiger partial charge in [0.15, 0.2) is 11.5 Å². The third-order valence-electron chi connectivity index (χ3n) is 4.60. The number of carbonyl (C=O) groups is 1. The van der Waals surface area contributed by atoms with Crippen molar-refractivity contribution in [3.05, 3.63) is 27.1 Å². The van der Waals surface area contributed by atoms with E-state index in [2.05, 4.69) is 51.2 Å². The number of thioether (sulfide) groups is 1. The number of amides is 1. The van der Waals surface area contributed by atoms with Crippen molar-refractivity contribution in [2.75, 3.05) is 13.1 Å². The molecule has 4 rings (SSSR count). The summed E-state index contributed by atoms with van der Waals surface area (Å²) in [4.78, 5) is 15.9. The predicted molar refractivity (Wildman–Crippen MR) is 117 cm³/mol. The highest BCUT2D eigenvalue weighted by atomic mass is 127. The summed E-state index contributed by atoms with van der Waals surface area (Å²) in [5.41, 5.74) is 0.716. The Bertz CT molecular complexity index is 950. The highest BCUT2D eigenvalue weighted by molar-refractivity contribution is 14.1. The van der Waals surface area contributed by atoms with Crippen molar-refractivity contribution in [2.24, 2.45) is 0 Å². The number of likely N-dealkylation sites (tertiary alicyclic amines) is 1. The molecule has 0 N–H and O–H groups in total. The van der Waals surface area contributed by atoms with Crippen LogP contribution in [0.4, 0.5) is 0 Å². The Kier molecular flexibility index (Phi) is 5.98. The van der Waals surface area contributed by atoms with Gasteiger partial charge in [-0.15, -0.1) is 21.5 Å². The molecule has 27 heavy (non-hydrogen) atoms. The maximum atomic E-state index is 12.9. The van der Waals surface area contributed by atoms with Crippen LogP contribution in [-0.2, 0) is 4.79 Å². The minimum Gasteiger partial charge on any atom is -0.342 e. The smallest absolute Gasteiger partial charge is 0.236 e. The molecule has 1 aliphatic heterocycles. The topological polar surface area (TPSA) is 63.4 Å². The van der Waals surface area contributed by atoms with Gasteiger partial charge in [-0.25, -0.2) is 0 Å². The molecule has 1 aliphatic rings. The van der Waals surface area contributed by atoms with E-state index in [1.165, 1.54) is 9.99 Å². The van der Waals surface area contributed by atoms with Crippen LogP contribution in [0.3, 0.4) is 0 Å². The summed E-state index contributed by atoms with van der Waals surface area (Å²) < 4.78 is 2.95. The Morgan fingerprint density at radius 2 is 2.11 bits per heavy atom. The lowest BCUT2D eigenvalue weighted by Gasteiger charge is -2.29. The van der Waals surface area contributed by atoms with Gasteiger partial charge in [0.25, 0.3) is 0 Å². The molecule has 0 radical (unpaired) electrons. The van der Waals surface area contributed by atoms with Crippen LogP contribution in [0.1, 0.15) is 32.6 Å². The van der Waals surface area contributed by atoms with Crippen LogP contribution in [0.25, 0.3) is 16.3 Å². The number of aromatic nitrogens is 4. The van der Waals surface area contributed by atoms with Gasteiger partial charge in [0.05, 0.1) is 10.1 Å². The SMILES string of the molecule is CCC(Sc1ccc2nnc(-c3cc(I)cs3)n2n1)C(=O)N1CCCCC1. The number of rotatable bonds is 5. The molecule has 3 aromatic heterocycles. The van der Waals surface area contributed by atoms with E-state index >= 15 is 0 Å². The number of piperidine rings is 1. The molecule has 1 atom stereocenters. The molecule has 0 saturated carbocycles. The predicted octanol–water partition coefficient (Wildman–Crippen LogP) is 4.34. The van der Waals surface area contributed by atoms with Crippen molar-refractivity contribution in [3.63, 3.8) is 0 Å². The Balaban J connectivity index is 1.58. The molecule has 142 valence electrons. The number of halogens is 1. The molecule has 1 saturated heterocycles. The summed E-state index contributed by atoms with van der Waals surface area (Å²) in [6.45, 7) is 3.83. The summed E-state index contributed by atoms with van der Waals surface area (Å²) >= 11 is 5.46. The quantitative estimate of drug-likeness (QED) is 0.375. The van der Waals surface area contributed by atoms with E-state index in [9.17, 15) is 4.79 Å². The van der Waals surface area contributed by atoms with Crippen molar-refractivity contribution in [3.8, 4) is 10.7 Å². The van der Waals surface area contributed by atoms with Gasteiger partial charge in [-0.1, -0.05) is 18.7 Å². The average Bonchev–Trinajstić information content (AvgIpc) is 3.31. The monoisotopic (exact) mass is 513 g/mol. The number of fused-ring (bicyclic) bond motifs is 1. The van der Waals surface area contributed by atoms with Crippen LogP contribution in [-0.4, -0.2) is 49.0 Å². The van der Waals surface area contributed by atoms with E-state index in [4.69, 9.17) is 5.10 Å². The Labute approximate surface area is 179 Å². The lowest BCUT2D eigenvalue weighted by molar-refractivity contribution is -0.131. The molecular weight excluding hydrogens is 493 g/mol. The van der Waals surface area contributed by atoms with Crippen molar-refractivity contribution in [1.29, 1.82) is 0 Å². The number of carbonyl (C=O) groups excluding carboxylic acids is 1. The van der Waals surface area contributed by atoms with E-state index in [0.29, 0.717) is 5.65 Å². The summed E-state index contributed by atoms with van der Waals surface area (Å²) in [7, 11) is 0. The van der Waals surface area contributed by atoms with Crippen LogP contribution in [0.2, 0.25) is 0 Å². The zero-order valence-corrected chi connectivity index (χ0v) is 18.8. The van der Waals surface area contributed by atoms with Crippen LogP contribution < -0.4 is 0 Å². The van der Waals surface area contributed by atoms with Crippen LogP contribution >= 0.6 is 45.7 Å². The van der Waals surface area contributed by atoms with E-state index in [0.717, 1.165) is 48.1 Å². The zero-order chi connectivity index (χ0) is 18.8. The first kappa shape index (κ1) is 19.1. The first-order valence-electron chi connectivity index (χ1n) is 9.08. The van der Waals surface area contributed by atoms with E-state index in [1.807, 2.05) is 17.0 Å². The molecule has 1 unspecified atom stereocenters. The zero-order valence-electron chi connectivity index (χ0n) is 15.0. The Hall–Kier alpha value is -1.20. The number of thiophene rings is 1. The van der Waals surface area contributed by atoms with Crippen molar-refractivity contribution in [1.82, 2.24) is 24.7 Å². The molecule has 4 heterocycles. The van der Waals surface area contributed by atoms with Gasteiger partial charge in [-0.3, -0.25) is 4.79 Å². The lowest BCUT2D eigenvalue weighted by atomic mass is 10.1. The minimum absolute atomic E-state index is 0.101. The maximum Gasteiger partial charge on any atom is 0.236 e. The van der Waals surface area contributed by atoms with Crippen LogP contribution in [0.15, 0.2) is 28.6 Å². The fourth-order valence-electron chi connectivity index (χ4n) is 3.19. The van der Waals surface area contributed by atoms with Crippen molar-refractivity contribution < 1.29 is 4.79 Å². The third-order valence-corrected chi connectivity index (χ3v) is 7.85. The average molecular weight is 513 g/mol. The van der Waals surface area contributed by atoms with E-state index in [1.54, 1.807) is 27.6 Å². The Morgan fingerprint density at radius 1 is 1.30 bits per heavy atom. The first-order valence-corrected chi connectivity index (χ1v) is 11.9. The summed E-state index contributed by atoms with van der Waals surface area (Å²) in [6.07, 6.45) is 4.24. The van der Waals surface area contributed by atoms with Gasteiger partial charge in [0.1, 0.15) is 5.03 Å². The highest BCUT2D eigenvalue weighted by Gasteiger charge is 2.26. The first-order chi connectivity index (χ1) is 13.2. The van der Waals surface area contributed by atoms with Crippen LogP contribution in [0.5, 0.6) is 0 Å². The Morgan fingerprint density at radius 3 is 2.81 bits per heavy atom. The van der Waals surface area contributed by atoms with Gasteiger partial charge in [0, 0.05) is 22.0 Å². The minimum atomic E-state index is -0.101. The molecular formula is C18H20IN5OS2. The second-order valence-corrected chi connectivity index (χ2v) is 9.87. The number of nitrogens with zero attached hydrogens (tertiary/aromatic N) is 5. The van der Waals surface area contributed by atoms with Gasteiger partial charge < -0.3 is 4.90 Å². The summed E-state index contributed by atoms with van der Waals surface area (Å²) in [5, 5.41) is 16.1. The normalized spacial score (nSPS) is 16.0. The fraction of sp³-hybridized carbons (Fsp3) is 0.444. The summed E-state index contributed by atoms with van der Waals surface area (Å²) in [5.74, 6) is 0.983. The molecule has 0 aromatic carbocycles. The molecule has 1 fully saturated rings. The molecule has 0 bridgehead atoms. The standard InChI is InChI=1S/C18H20IN5OS2/c1-2-13(18(25)23-8-4-3-5-9-23)27-16-7-6-15-20-21-17(24(15)22-16)14-10-12(19)11-26-14/h6-7,10-11,13H,2-5,8-9H2,1H3. The molecule has 6 nitrogen and oxygen atoms in total. The highest BCUT2D eigenvalue weighted by Crippen LogP contribution is 2.29.